The summed E-state index contributed by atoms with van der Waals surface area (Å²) in [6.07, 6.45) is 2.33. The predicted octanol–water partition coefficient (Wildman–Crippen LogP) is 1.47. The normalized spacial score (nSPS) is 31.0. The third kappa shape index (κ3) is 3.65. The Morgan fingerprint density at radius 1 is 1.33 bits per heavy atom. The van der Waals surface area contributed by atoms with E-state index in [4.69, 9.17) is 4.74 Å². The largest absolute Gasteiger partial charge is 0.481 e. The number of amides is 2. The number of aliphatic hydroxyl groups excluding tert-OH is 1. The van der Waals surface area contributed by atoms with Crippen LogP contribution in [0.3, 0.4) is 0 Å². The molecule has 0 radical (unpaired) electrons. The lowest BCUT2D eigenvalue weighted by Gasteiger charge is -2.40. The van der Waals surface area contributed by atoms with Crippen LogP contribution in [-0.2, 0) is 25.5 Å². The van der Waals surface area contributed by atoms with Crippen molar-refractivity contribution in [1.29, 1.82) is 0 Å². The second-order valence-electron chi connectivity index (χ2n) is 9.54. The highest BCUT2D eigenvalue weighted by molar-refractivity contribution is 5.98. The zero-order valence-electron chi connectivity index (χ0n) is 19.1. The highest BCUT2D eigenvalue weighted by Gasteiger charge is 2.75. The molecule has 3 aliphatic heterocycles. The van der Waals surface area contributed by atoms with Crippen LogP contribution >= 0.6 is 0 Å². The maximum atomic E-state index is 14.0. The highest BCUT2D eigenvalue weighted by atomic mass is 16.5. The van der Waals surface area contributed by atoms with Gasteiger partial charge in [0.2, 0.25) is 11.8 Å². The molecule has 8 heteroatoms. The van der Waals surface area contributed by atoms with Gasteiger partial charge in [-0.05, 0) is 38.7 Å². The summed E-state index contributed by atoms with van der Waals surface area (Å²) in [5.41, 5.74) is -0.280. The minimum absolute atomic E-state index is 0.154. The molecular formula is C25H32N2O6. The average Bonchev–Trinajstić information content (AvgIpc) is 3.43. The van der Waals surface area contributed by atoms with E-state index in [0.29, 0.717) is 25.8 Å². The van der Waals surface area contributed by atoms with Crippen molar-refractivity contribution in [3.8, 4) is 0 Å². The first-order chi connectivity index (χ1) is 15.8. The summed E-state index contributed by atoms with van der Waals surface area (Å²) < 4.78 is 6.25. The fraction of sp³-hybridized carbons (Fsp3) is 0.560. The van der Waals surface area contributed by atoms with Gasteiger partial charge in [-0.3, -0.25) is 14.4 Å². The molecule has 2 N–H and O–H groups in total. The number of carboxylic acids is 1. The van der Waals surface area contributed by atoms with Crippen molar-refractivity contribution < 1.29 is 29.3 Å². The first kappa shape index (κ1) is 23.4. The molecule has 0 aromatic heterocycles. The molecule has 1 aromatic rings. The highest BCUT2D eigenvalue weighted by Crippen LogP contribution is 2.59. The summed E-state index contributed by atoms with van der Waals surface area (Å²) >= 11 is 0. The van der Waals surface area contributed by atoms with Gasteiger partial charge in [-0.15, -0.1) is 6.58 Å². The van der Waals surface area contributed by atoms with Crippen molar-refractivity contribution in [2.75, 3.05) is 13.2 Å². The molecule has 2 amide bonds. The number of carbonyl (C=O) groups excluding carboxylic acids is 2. The van der Waals surface area contributed by atoms with E-state index in [1.807, 2.05) is 44.2 Å². The monoisotopic (exact) mass is 456 g/mol. The van der Waals surface area contributed by atoms with Gasteiger partial charge in [-0.25, -0.2) is 0 Å². The Morgan fingerprint density at radius 2 is 2.03 bits per heavy atom. The molecule has 2 bridgehead atoms. The zero-order chi connectivity index (χ0) is 23.9. The van der Waals surface area contributed by atoms with Crippen molar-refractivity contribution in [3.63, 3.8) is 0 Å². The molecule has 0 aliphatic carbocycles. The molecule has 0 saturated carbocycles. The number of benzene rings is 1. The van der Waals surface area contributed by atoms with E-state index in [0.717, 1.165) is 5.56 Å². The van der Waals surface area contributed by atoms with Crippen LogP contribution in [0.1, 0.15) is 32.3 Å². The summed E-state index contributed by atoms with van der Waals surface area (Å²) in [4.78, 5) is 43.0. The minimum Gasteiger partial charge on any atom is -0.481 e. The number of hydrogen-bond acceptors (Lipinski definition) is 5. The lowest BCUT2D eigenvalue weighted by molar-refractivity contribution is -0.154. The van der Waals surface area contributed by atoms with E-state index in [9.17, 15) is 24.6 Å². The molecule has 3 heterocycles. The van der Waals surface area contributed by atoms with Crippen LogP contribution < -0.4 is 0 Å². The zero-order valence-corrected chi connectivity index (χ0v) is 19.1. The Bertz CT molecular complexity index is 934. The molecule has 33 heavy (non-hydrogen) atoms. The van der Waals surface area contributed by atoms with Crippen LogP contribution in [0.5, 0.6) is 0 Å². The fourth-order valence-corrected chi connectivity index (χ4v) is 6.03. The topological polar surface area (TPSA) is 107 Å². The number of ether oxygens (including phenoxy) is 1. The molecule has 8 nitrogen and oxygen atoms in total. The lowest BCUT2D eigenvalue weighted by atomic mass is 9.70. The number of hydrogen-bond donors (Lipinski definition) is 2. The quantitative estimate of drug-likeness (QED) is 0.545. The SMILES string of the molecule is C=CCN(C(=O)C1N([C@@H](CO)Cc2ccccc2)C(=O)[C@@H]2[C@@H](C(=O)O)[C@H]3CCC12O3)C(C)C. The standard InChI is InChI=1S/C25H32N2O6/c1-4-12-26(15(2)3)23(30)21-25-11-10-18(33-25)19(24(31)32)20(25)22(29)27(21)17(14-28)13-16-8-6-5-7-9-16/h4-9,15,17-21,28H,1,10-14H2,2-3H3,(H,31,32)/t17-,18-,19+,20+,21?,25?/m1/s1. The van der Waals surface area contributed by atoms with Crippen molar-refractivity contribution in [3.05, 3.63) is 48.6 Å². The van der Waals surface area contributed by atoms with Crippen molar-refractivity contribution >= 4 is 17.8 Å². The predicted molar refractivity (Wildman–Crippen MR) is 120 cm³/mol. The Labute approximate surface area is 193 Å². The molecular weight excluding hydrogens is 424 g/mol. The summed E-state index contributed by atoms with van der Waals surface area (Å²) in [5, 5.41) is 20.2. The first-order valence-corrected chi connectivity index (χ1v) is 11.6. The van der Waals surface area contributed by atoms with Gasteiger partial charge in [0.15, 0.2) is 0 Å². The Balaban J connectivity index is 1.79. The number of nitrogens with zero attached hydrogens (tertiary/aromatic N) is 2. The molecule has 1 spiro atoms. The van der Waals surface area contributed by atoms with Crippen LogP contribution in [-0.4, -0.2) is 80.8 Å². The van der Waals surface area contributed by atoms with Gasteiger partial charge < -0.3 is 24.7 Å². The summed E-state index contributed by atoms with van der Waals surface area (Å²) in [7, 11) is 0. The molecule has 3 saturated heterocycles. The third-order valence-electron chi connectivity index (χ3n) is 7.41. The molecule has 4 rings (SSSR count). The molecule has 3 aliphatic rings. The van der Waals surface area contributed by atoms with Crippen molar-refractivity contribution in [1.82, 2.24) is 9.80 Å². The van der Waals surface area contributed by atoms with Crippen LogP contribution in [0.2, 0.25) is 0 Å². The number of aliphatic hydroxyl groups is 1. The van der Waals surface area contributed by atoms with Gasteiger partial charge in [-0.1, -0.05) is 36.4 Å². The number of aliphatic carboxylic acids is 1. The van der Waals surface area contributed by atoms with Gasteiger partial charge in [0.05, 0.1) is 30.6 Å². The van der Waals surface area contributed by atoms with Crippen molar-refractivity contribution in [2.45, 2.75) is 62.9 Å². The minimum atomic E-state index is -1.19. The van der Waals surface area contributed by atoms with E-state index >= 15 is 0 Å². The number of fused-ring (bicyclic) bond motifs is 1. The molecule has 1 aromatic carbocycles. The fourth-order valence-electron chi connectivity index (χ4n) is 6.03. The van der Waals surface area contributed by atoms with Gasteiger partial charge in [0.1, 0.15) is 11.6 Å². The number of rotatable bonds is 9. The Kier molecular flexibility index (Phi) is 6.33. The van der Waals surface area contributed by atoms with Crippen LogP contribution in [0, 0.1) is 11.8 Å². The smallest absolute Gasteiger partial charge is 0.310 e. The van der Waals surface area contributed by atoms with Crippen LogP contribution in [0.25, 0.3) is 0 Å². The number of carboxylic acid groups (broad SMARTS) is 1. The van der Waals surface area contributed by atoms with Gasteiger partial charge >= 0.3 is 5.97 Å². The second-order valence-corrected chi connectivity index (χ2v) is 9.54. The maximum absolute atomic E-state index is 14.0. The molecule has 2 unspecified atom stereocenters. The average molecular weight is 457 g/mol. The second kappa shape index (κ2) is 8.91. The molecule has 3 fully saturated rings. The van der Waals surface area contributed by atoms with E-state index in [1.54, 1.807) is 11.0 Å². The van der Waals surface area contributed by atoms with E-state index in [1.165, 1.54) is 4.90 Å². The van der Waals surface area contributed by atoms with Gasteiger partial charge in [-0.2, -0.15) is 0 Å². The Hall–Kier alpha value is -2.71. The summed E-state index contributed by atoms with van der Waals surface area (Å²) in [5.74, 6) is -3.72. The van der Waals surface area contributed by atoms with E-state index < -0.39 is 47.5 Å². The number of likely N-dealkylation sites (tertiary alicyclic amines) is 1. The maximum Gasteiger partial charge on any atom is 0.310 e. The lowest BCUT2D eigenvalue weighted by Crippen LogP contribution is -2.60. The van der Waals surface area contributed by atoms with Crippen LogP contribution in [0.15, 0.2) is 43.0 Å². The van der Waals surface area contributed by atoms with E-state index in [-0.39, 0.29) is 18.6 Å². The Morgan fingerprint density at radius 3 is 2.61 bits per heavy atom. The summed E-state index contributed by atoms with van der Waals surface area (Å²) in [6, 6.07) is 7.62. The van der Waals surface area contributed by atoms with Crippen LogP contribution in [0.4, 0.5) is 0 Å². The third-order valence-corrected chi connectivity index (χ3v) is 7.41. The van der Waals surface area contributed by atoms with Crippen molar-refractivity contribution in [2.24, 2.45) is 11.8 Å². The summed E-state index contributed by atoms with van der Waals surface area (Å²) in [6.45, 7) is 7.48. The van der Waals surface area contributed by atoms with E-state index in [2.05, 4.69) is 6.58 Å². The molecule has 6 atom stereocenters. The molecule has 178 valence electrons. The first-order valence-electron chi connectivity index (χ1n) is 11.6. The van der Waals surface area contributed by atoms with Gasteiger partial charge in [0, 0.05) is 12.6 Å². The van der Waals surface area contributed by atoms with Gasteiger partial charge in [0.25, 0.3) is 0 Å². The number of carbonyl (C=O) groups is 3.